The molecule has 2 atom stereocenters. The number of pyridine rings is 1. The number of rotatable bonds is 1. The summed E-state index contributed by atoms with van der Waals surface area (Å²) in [7, 11) is 5.01. The molecule has 7 rings (SSSR count). The molecule has 1 aromatic heterocycles. The van der Waals surface area contributed by atoms with Crippen molar-refractivity contribution in [1.29, 1.82) is 0 Å². The van der Waals surface area contributed by atoms with Crippen LogP contribution < -0.4 is 15.4 Å². The summed E-state index contributed by atoms with van der Waals surface area (Å²) in [6.07, 6.45) is 2.80. The lowest BCUT2D eigenvalue weighted by Crippen LogP contribution is -2.53. The Balaban J connectivity index is 1.62. The standard InChI is InChI=1S/C44H59FN6O6/c1-29-44(7,28-42(2,3)4)41(56)48-32-14-11-30(12-15-32)19-20-49(8)37(52)24-43(5,6)25-38(53)50(9)21-22-57-33-16-18-36(46-27-33)39(54)47-26-31-13-17-35(45)34(23-31)40(55)51(29)10/h11-18,23,27,29H,19-22,24-26,28H2,1-10H3,(H,47,54)(H,48,56)/t29-,44+/m1/s1. The first-order chi connectivity index (χ1) is 26.6. The minimum atomic E-state index is -1.09. The molecule has 4 aliphatic heterocycles. The number of nitrogens with one attached hydrogen (secondary N) is 2. The van der Waals surface area contributed by atoms with Crippen molar-refractivity contribution in [3.8, 4) is 5.75 Å². The van der Waals surface area contributed by atoms with E-state index in [4.69, 9.17) is 4.74 Å². The van der Waals surface area contributed by atoms with Crippen molar-refractivity contribution in [2.75, 3.05) is 46.2 Å². The van der Waals surface area contributed by atoms with Gasteiger partial charge in [0.25, 0.3) is 11.8 Å². The van der Waals surface area contributed by atoms with E-state index in [2.05, 4.69) is 15.6 Å². The number of ether oxygens (including phenoxy) is 1. The van der Waals surface area contributed by atoms with Gasteiger partial charge < -0.3 is 30.1 Å². The Hall–Kier alpha value is -5.33. The van der Waals surface area contributed by atoms with Gasteiger partial charge in [-0.05, 0) is 85.0 Å². The van der Waals surface area contributed by atoms with Gasteiger partial charge in [-0.1, -0.05) is 52.8 Å². The molecule has 0 saturated heterocycles. The highest BCUT2D eigenvalue weighted by Gasteiger charge is 2.45. The summed E-state index contributed by atoms with van der Waals surface area (Å²) in [6, 6.07) is 14.0. The van der Waals surface area contributed by atoms with Crippen LogP contribution in [0, 0.1) is 22.1 Å². The van der Waals surface area contributed by atoms with E-state index in [9.17, 15) is 24.0 Å². The molecule has 308 valence electrons. The third kappa shape index (κ3) is 12.1. The van der Waals surface area contributed by atoms with Crippen LogP contribution in [0.25, 0.3) is 0 Å². The van der Waals surface area contributed by atoms with Gasteiger partial charge in [0.1, 0.15) is 23.9 Å². The number of anilines is 1. The molecular weight excluding hydrogens is 728 g/mol. The minimum absolute atomic E-state index is 0.00353. The van der Waals surface area contributed by atoms with E-state index in [-0.39, 0.29) is 60.4 Å². The topological polar surface area (TPSA) is 141 Å². The zero-order chi connectivity index (χ0) is 42.3. The number of nitrogens with zero attached hydrogens (tertiary/aromatic N) is 4. The number of carbonyl (C=O) groups excluding carboxylic acids is 5. The van der Waals surface area contributed by atoms with Gasteiger partial charge in [-0.2, -0.15) is 0 Å². The lowest BCUT2D eigenvalue weighted by molar-refractivity contribution is -0.135. The summed E-state index contributed by atoms with van der Waals surface area (Å²) in [5, 5.41) is 5.82. The van der Waals surface area contributed by atoms with Crippen molar-refractivity contribution in [2.45, 2.75) is 86.7 Å². The van der Waals surface area contributed by atoms with Gasteiger partial charge in [0.15, 0.2) is 0 Å². The van der Waals surface area contributed by atoms with Crippen LogP contribution in [-0.4, -0.2) is 96.1 Å². The first-order valence-corrected chi connectivity index (χ1v) is 19.4. The fourth-order valence-electron chi connectivity index (χ4n) is 7.06. The Bertz CT molecular complexity index is 1930. The third-order valence-corrected chi connectivity index (χ3v) is 10.7. The molecule has 3 aromatic rings. The second-order valence-electron chi connectivity index (χ2n) is 17.5. The summed E-state index contributed by atoms with van der Waals surface area (Å²) in [4.78, 5) is 76.3. The molecule has 0 saturated carbocycles. The summed E-state index contributed by atoms with van der Waals surface area (Å²) in [6.45, 7) is 14.5. The minimum Gasteiger partial charge on any atom is -0.490 e. The van der Waals surface area contributed by atoms with Crippen LogP contribution in [0.4, 0.5) is 10.1 Å². The number of aromatic nitrogens is 1. The smallest absolute Gasteiger partial charge is 0.270 e. The number of carbonyl (C=O) groups is 5. The second-order valence-corrected chi connectivity index (χ2v) is 17.5. The highest BCUT2D eigenvalue weighted by molar-refractivity contribution is 5.98. The zero-order valence-electron chi connectivity index (χ0n) is 35.1. The lowest BCUT2D eigenvalue weighted by atomic mass is 9.69. The number of hydrogen-bond acceptors (Lipinski definition) is 7. The van der Waals surface area contributed by atoms with Crippen molar-refractivity contribution in [2.24, 2.45) is 16.2 Å². The number of hydrogen-bond donors (Lipinski definition) is 2. The van der Waals surface area contributed by atoms with E-state index >= 15 is 4.39 Å². The van der Waals surface area contributed by atoms with Gasteiger partial charge >= 0.3 is 0 Å². The summed E-state index contributed by atoms with van der Waals surface area (Å²) in [5.41, 5.74) is 0.0300. The zero-order valence-corrected chi connectivity index (χ0v) is 35.1. The SMILES string of the molecule is C[C@H]1N(C)C(=O)c2cc(ccc2F)CNC(=O)c2ccc(cn2)OCCN(C)C(=O)CC(C)(C)CC(=O)N(C)CCc2ccc(cc2)NC(=O)[C@@]1(C)CC(C)(C)C. The van der Waals surface area contributed by atoms with E-state index < -0.39 is 34.5 Å². The molecule has 5 amide bonds. The van der Waals surface area contributed by atoms with Crippen molar-refractivity contribution >= 4 is 35.2 Å². The molecule has 13 heteroatoms. The number of likely N-dealkylation sites (N-methyl/N-ethyl adjacent to an activating group) is 2. The van der Waals surface area contributed by atoms with Crippen molar-refractivity contribution < 1.29 is 33.1 Å². The second kappa shape index (κ2) is 18.3. The van der Waals surface area contributed by atoms with Crippen LogP contribution in [0.3, 0.4) is 0 Å². The van der Waals surface area contributed by atoms with Gasteiger partial charge in [-0.3, -0.25) is 24.0 Å². The summed E-state index contributed by atoms with van der Waals surface area (Å²) in [5.74, 6) is -1.85. The Morgan fingerprint density at radius 3 is 2.07 bits per heavy atom. The van der Waals surface area contributed by atoms with Crippen LogP contribution >= 0.6 is 0 Å². The number of amides is 5. The fraction of sp³-hybridized carbons (Fsp3) is 0.500. The van der Waals surface area contributed by atoms with Crippen molar-refractivity contribution in [1.82, 2.24) is 25.0 Å². The van der Waals surface area contributed by atoms with E-state index in [1.165, 1.54) is 35.4 Å². The van der Waals surface area contributed by atoms with Crippen molar-refractivity contribution in [3.63, 3.8) is 0 Å². The van der Waals surface area contributed by atoms with E-state index in [1.54, 1.807) is 43.9 Å². The lowest BCUT2D eigenvalue weighted by Gasteiger charge is -2.43. The quantitative estimate of drug-likeness (QED) is 0.293. The van der Waals surface area contributed by atoms with Gasteiger partial charge in [-0.25, -0.2) is 9.37 Å². The highest BCUT2D eigenvalue weighted by atomic mass is 19.1. The average Bonchev–Trinajstić information content (AvgIpc) is 3.14. The van der Waals surface area contributed by atoms with Gasteiger partial charge in [-0.15, -0.1) is 0 Å². The summed E-state index contributed by atoms with van der Waals surface area (Å²) < 4.78 is 21.1. The number of halogens is 1. The maximum Gasteiger partial charge on any atom is 0.270 e. The maximum absolute atomic E-state index is 15.3. The molecule has 2 N–H and O–H groups in total. The molecule has 0 unspecified atom stereocenters. The normalized spacial score (nSPS) is 21.4. The van der Waals surface area contributed by atoms with E-state index in [0.29, 0.717) is 42.9 Å². The summed E-state index contributed by atoms with van der Waals surface area (Å²) >= 11 is 0. The Kier molecular flexibility index (Phi) is 14.2. The third-order valence-electron chi connectivity index (χ3n) is 10.7. The van der Waals surface area contributed by atoms with E-state index in [0.717, 1.165) is 5.56 Å². The molecule has 0 aliphatic carbocycles. The van der Waals surface area contributed by atoms with E-state index in [1.807, 2.05) is 65.8 Å². The molecule has 6 bridgehead atoms. The Morgan fingerprint density at radius 1 is 0.860 bits per heavy atom. The van der Waals surface area contributed by atoms with Crippen molar-refractivity contribution in [3.05, 3.63) is 89.0 Å². The molecule has 5 heterocycles. The maximum atomic E-state index is 15.3. The molecule has 2 aromatic carbocycles. The van der Waals surface area contributed by atoms with Crippen LogP contribution in [0.1, 0.15) is 99.7 Å². The van der Waals surface area contributed by atoms with Crippen LogP contribution in [0.2, 0.25) is 0 Å². The molecule has 4 aliphatic rings. The largest absolute Gasteiger partial charge is 0.490 e. The average molecular weight is 787 g/mol. The fourth-order valence-corrected chi connectivity index (χ4v) is 7.06. The molecule has 0 spiro atoms. The predicted octanol–water partition coefficient (Wildman–Crippen LogP) is 6.35. The molecular formula is C44H59FN6O6. The molecule has 12 nitrogen and oxygen atoms in total. The van der Waals surface area contributed by atoms with Crippen LogP contribution in [-0.2, 0) is 27.3 Å². The van der Waals surface area contributed by atoms with Gasteiger partial charge in [0.05, 0.1) is 23.7 Å². The van der Waals surface area contributed by atoms with Gasteiger partial charge in [0.2, 0.25) is 17.7 Å². The monoisotopic (exact) mass is 786 g/mol. The first-order valence-electron chi connectivity index (χ1n) is 19.4. The van der Waals surface area contributed by atoms with Crippen LogP contribution in [0.5, 0.6) is 5.75 Å². The molecule has 57 heavy (non-hydrogen) atoms. The highest BCUT2D eigenvalue weighted by Crippen LogP contribution is 2.40. The predicted molar refractivity (Wildman–Crippen MR) is 218 cm³/mol. The Labute approximate surface area is 336 Å². The first kappa shape index (κ1) is 44.4. The molecule has 0 radical (unpaired) electrons. The number of benzene rings is 2. The van der Waals surface area contributed by atoms with Gasteiger partial charge in [0, 0.05) is 58.8 Å². The van der Waals surface area contributed by atoms with Crippen LogP contribution in [0.15, 0.2) is 60.8 Å². The molecule has 0 fully saturated rings. The Morgan fingerprint density at radius 2 is 1.47 bits per heavy atom.